The minimum Gasteiger partial charge on any atom is -0.0958 e. The lowest BCUT2D eigenvalue weighted by molar-refractivity contribution is 0.815. The molecule has 0 aromatic carbocycles. The van der Waals surface area contributed by atoms with Crippen LogP contribution in [-0.2, 0) is 0 Å². The van der Waals surface area contributed by atoms with E-state index in [2.05, 4.69) is 40.3 Å². The first kappa shape index (κ1) is 9.48. The quantitative estimate of drug-likeness (QED) is 0.523. The van der Waals surface area contributed by atoms with Crippen LogP contribution in [0.5, 0.6) is 0 Å². The van der Waals surface area contributed by atoms with Crippen molar-refractivity contribution < 1.29 is 0 Å². The Bertz CT molecular complexity index is 138. The smallest absolute Gasteiger partial charge is 0.0285 e. The molecular formula is C10H18. The van der Waals surface area contributed by atoms with E-state index >= 15 is 0 Å². The molecule has 0 aromatic heterocycles. The molecule has 0 fully saturated rings. The van der Waals surface area contributed by atoms with Crippen LogP contribution in [0.2, 0.25) is 0 Å². The fourth-order valence-electron chi connectivity index (χ4n) is 0.964. The van der Waals surface area contributed by atoms with Gasteiger partial charge >= 0.3 is 0 Å². The lowest BCUT2D eigenvalue weighted by Gasteiger charge is -2.04. The van der Waals surface area contributed by atoms with Gasteiger partial charge in [0, 0.05) is 0 Å². The molecule has 0 saturated heterocycles. The summed E-state index contributed by atoms with van der Waals surface area (Å²) in [7, 11) is 0. The van der Waals surface area contributed by atoms with Gasteiger partial charge in [-0.05, 0) is 24.8 Å². The highest BCUT2D eigenvalue weighted by atomic mass is 14.0. The lowest BCUT2D eigenvalue weighted by Crippen LogP contribution is -1.86. The molecule has 0 rings (SSSR count). The zero-order chi connectivity index (χ0) is 8.15. The maximum Gasteiger partial charge on any atom is -0.0285 e. The number of rotatable bonds is 3. The second-order valence-corrected chi connectivity index (χ2v) is 3.07. The Labute approximate surface area is 64.6 Å². The number of hydrogen-bond donors (Lipinski definition) is 0. The predicted octanol–water partition coefficient (Wildman–Crippen LogP) is 3.55. The van der Waals surface area contributed by atoms with Gasteiger partial charge in [-0.2, -0.15) is 0 Å². The van der Waals surface area contributed by atoms with Gasteiger partial charge in [-0.15, -0.1) is 0 Å². The zero-order valence-corrected chi connectivity index (χ0v) is 7.57. The van der Waals surface area contributed by atoms with Crippen LogP contribution in [0.3, 0.4) is 0 Å². The third kappa shape index (κ3) is 3.49. The molecule has 0 unspecified atom stereocenters. The Kier molecular flexibility index (Phi) is 4.10. The third-order valence-electron chi connectivity index (χ3n) is 1.46. The highest BCUT2D eigenvalue weighted by molar-refractivity contribution is 5.25. The largest absolute Gasteiger partial charge is 0.0958 e. The molecule has 58 valence electrons. The second-order valence-electron chi connectivity index (χ2n) is 3.07. The maximum absolute atomic E-state index is 3.91. The topological polar surface area (TPSA) is 0 Å². The van der Waals surface area contributed by atoms with Crippen molar-refractivity contribution in [2.24, 2.45) is 5.92 Å². The molecule has 0 aromatic rings. The van der Waals surface area contributed by atoms with Crippen molar-refractivity contribution in [1.29, 1.82) is 0 Å². The van der Waals surface area contributed by atoms with E-state index < -0.39 is 0 Å². The van der Waals surface area contributed by atoms with Crippen LogP contribution in [0.1, 0.15) is 34.1 Å². The number of allylic oxidation sites excluding steroid dienone is 3. The molecule has 0 atom stereocenters. The molecule has 0 radical (unpaired) electrons. The minimum atomic E-state index is 0.645. The molecule has 0 bridgehead atoms. The van der Waals surface area contributed by atoms with Gasteiger partial charge in [0.2, 0.25) is 0 Å². The summed E-state index contributed by atoms with van der Waals surface area (Å²) in [6.07, 6.45) is 3.38. The normalized spacial score (nSPS) is 12.3. The van der Waals surface area contributed by atoms with Crippen LogP contribution in [-0.4, -0.2) is 0 Å². The fourth-order valence-corrected chi connectivity index (χ4v) is 0.964. The molecule has 10 heavy (non-hydrogen) atoms. The van der Waals surface area contributed by atoms with E-state index in [1.54, 1.807) is 0 Å². The van der Waals surface area contributed by atoms with Crippen molar-refractivity contribution in [2.75, 3.05) is 0 Å². The predicted molar refractivity (Wildman–Crippen MR) is 48.0 cm³/mol. The Hall–Kier alpha value is -0.520. The minimum absolute atomic E-state index is 0.645. The molecule has 0 N–H and O–H groups in total. The van der Waals surface area contributed by atoms with E-state index in [-0.39, 0.29) is 0 Å². The van der Waals surface area contributed by atoms with Crippen LogP contribution in [0.15, 0.2) is 23.8 Å². The van der Waals surface area contributed by atoms with E-state index in [1.807, 2.05) is 0 Å². The highest BCUT2D eigenvalue weighted by Gasteiger charge is 1.95. The van der Waals surface area contributed by atoms with Gasteiger partial charge in [-0.1, -0.05) is 39.0 Å². The lowest BCUT2D eigenvalue weighted by atomic mass is 10.0. The van der Waals surface area contributed by atoms with Gasteiger partial charge in [0.15, 0.2) is 0 Å². The molecule has 0 amide bonds. The molecule has 0 nitrogen and oxygen atoms in total. The van der Waals surface area contributed by atoms with Crippen LogP contribution < -0.4 is 0 Å². The van der Waals surface area contributed by atoms with E-state index in [0.29, 0.717) is 5.92 Å². The average Bonchev–Trinajstić information content (AvgIpc) is 1.81. The average molecular weight is 138 g/mol. The molecule has 0 aliphatic heterocycles. The monoisotopic (exact) mass is 138 g/mol. The molecular weight excluding hydrogens is 120 g/mol. The summed E-state index contributed by atoms with van der Waals surface area (Å²) in [4.78, 5) is 0. The van der Waals surface area contributed by atoms with Gasteiger partial charge in [-0.25, -0.2) is 0 Å². The maximum atomic E-state index is 3.91. The molecule has 0 heterocycles. The Morgan fingerprint density at radius 1 is 1.50 bits per heavy atom. The Morgan fingerprint density at radius 3 is 2.10 bits per heavy atom. The summed E-state index contributed by atoms with van der Waals surface area (Å²) in [5.74, 6) is 0.645. The zero-order valence-electron chi connectivity index (χ0n) is 7.57. The molecule has 0 heteroatoms. The van der Waals surface area contributed by atoms with E-state index in [0.717, 1.165) is 6.42 Å². The first-order chi connectivity index (χ1) is 4.57. The van der Waals surface area contributed by atoms with Gasteiger partial charge in [0.25, 0.3) is 0 Å². The van der Waals surface area contributed by atoms with Crippen molar-refractivity contribution in [3.05, 3.63) is 23.8 Å². The molecule has 0 spiro atoms. The van der Waals surface area contributed by atoms with Crippen molar-refractivity contribution in [3.63, 3.8) is 0 Å². The van der Waals surface area contributed by atoms with Gasteiger partial charge in [0.1, 0.15) is 0 Å². The van der Waals surface area contributed by atoms with E-state index in [9.17, 15) is 0 Å². The SMILES string of the molecule is C=C(C)/C(=C\C(C)C)CC. The summed E-state index contributed by atoms with van der Waals surface area (Å²) in [5, 5.41) is 0. The van der Waals surface area contributed by atoms with Crippen LogP contribution in [0, 0.1) is 5.92 Å². The van der Waals surface area contributed by atoms with Gasteiger partial charge in [-0.3, -0.25) is 0 Å². The van der Waals surface area contributed by atoms with E-state index in [4.69, 9.17) is 0 Å². The van der Waals surface area contributed by atoms with Gasteiger partial charge < -0.3 is 0 Å². The van der Waals surface area contributed by atoms with Crippen molar-refractivity contribution in [2.45, 2.75) is 34.1 Å². The highest BCUT2D eigenvalue weighted by Crippen LogP contribution is 2.13. The first-order valence-corrected chi connectivity index (χ1v) is 3.94. The van der Waals surface area contributed by atoms with Crippen molar-refractivity contribution in [3.8, 4) is 0 Å². The number of hydrogen-bond acceptors (Lipinski definition) is 0. The second kappa shape index (κ2) is 4.32. The first-order valence-electron chi connectivity index (χ1n) is 3.94. The molecule has 0 aliphatic carbocycles. The summed E-state index contributed by atoms with van der Waals surface area (Å²) in [6.45, 7) is 12.5. The molecule has 0 aliphatic rings. The Balaban J connectivity index is 4.19. The summed E-state index contributed by atoms with van der Waals surface area (Å²) in [5.41, 5.74) is 2.60. The standard InChI is InChI=1S/C10H18/c1-6-10(9(4)5)7-8(2)3/h7-8H,4,6H2,1-3,5H3/b10-7-. The van der Waals surface area contributed by atoms with Crippen molar-refractivity contribution in [1.82, 2.24) is 0 Å². The fraction of sp³-hybridized carbons (Fsp3) is 0.600. The summed E-state index contributed by atoms with van der Waals surface area (Å²) >= 11 is 0. The van der Waals surface area contributed by atoms with Crippen LogP contribution in [0.4, 0.5) is 0 Å². The third-order valence-corrected chi connectivity index (χ3v) is 1.46. The van der Waals surface area contributed by atoms with Crippen LogP contribution in [0.25, 0.3) is 0 Å². The van der Waals surface area contributed by atoms with Gasteiger partial charge in [0.05, 0.1) is 0 Å². The summed E-state index contributed by atoms with van der Waals surface area (Å²) < 4.78 is 0. The van der Waals surface area contributed by atoms with Crippen molar-refractivity contribution >= 4 is 0 Å². The Morgan fingerprint density at radius 2 is 2.00 bits per heavy atom. The van der Waals surface area contributed by atoms with E-state index in [1.165, 1.54) is 11.1 Å². The summed E-state index contributed by atoms with van der Waals surface area (Å²) in [6, 6.07) is 0. The molecule has 0 saturated carbocycles. The van der Waals surface area contributed by atoms with Crippen LogP contribution >= 0.6 is 0 Å².